The van der Waals surface area contributed by atoms with E-state index in [9.17, 15) is 22.0 Å². The zero-order valence-corrected chi connectivity index (χ0v) is 20.1. The van der Waals surface area contributed by atoms with Crippen LogP contribution in [0.25, 0.3) is 16.7 Å². The van der Waals surface area contributed by atoms with Gasteiger partial charge in [0.2, 0.25) is 10.0 Å². The fourth-order valence-electron chi connectivity index (χ4n) is 3.18. The maximum absolute atomic E-state index is 14.8. The van der Waals surface area contributed by atoms with Gasteiger partial charge in [0, 0.05) is 15.6 Å². The van der Waals surface area contributed by atoms with E-state index in [1.807, 2.05) is 0 Å². The molecule has 11 heteroatoms. The summed E-state index contributed by atoms with van der Waals surface area (Å²) < 4.78 is 53.7. The second-order valence-corrected chi connectivity index (χ2v) is 9.62. The molecule has 0 aromatic heterocycles. The van der Waals surface area contributed by atoms with E-state index in [0.717, 1.165) is 6.07 Å². The second-order valence-electron chi connectivity index (χ2n) is 7.24. The number of nitrogens with two attached hydrogens (primary N) is 2. The van der Waals surface area contributed by atoms with E-state index in [2.05, 4.69) is 21.2 Å². The van der Waals surface area contributed by atoms with Crippen molar-refractivity contribution < 1.29 is 22.0 Å². The Kier molecular flexibility index (Phi) is 7.29. The molecule has 6 N–H and O–H groups in total. The van der Waals surface area contributed by atoms with Crippen LogP contribution in [0.15, 0.2) is 75.9 Å². The first-order valence-corrected chi connectivity index (χ1v) is 12.0. The Balaban J connectivity index is 1.90. The van der Waals surface area contributed by atoms with Gasteiger partial charge in [-0.15, -0.1) is 0 Å². The number of hydrogen-bond acceptors (Lipinski definition) is 4. The third kappa shape index (κ3) is 5.38. The predicted molar refractivity (Wildman–Crippen MR) is 131 cm³/mol. The van der Waals surface area contributed by atoms with Crippen LogP contribution >= 0.6 is 15.9 Å². The van der Waals surface area contributed by atoms with Crippen LogP contribution < -0.4 is 16.2 Å². The summed E-state index contributed by atoms with van der Waals surface area (Å²) in [6, 6.07) is 14.0. The summed E-state index contributed by atoms with van der Waals surface area (Å²) in [6.07, 6.45) is 0. The van der Waals surface area contributed by atoms with Gasteiger partial charge >= 0.3 is 0 Å². The van der Waals surface area contributed by atoms with Crippen molar-refractivity contribution in [2.45, 2.75) is 11.8 Å². The minimum absolute atomic E-state index is 0.0355. The van der Waals surface area contributed by atoms with E-state index >= 15 is 0 Å². The first-order chi connectivity index (χ1) is 15.9. The zero-order valence-electron chi connectivity index (χ0n) is 17.7. The molecule has 0 aliphatic heterocycles. The fourth-order valence-corrected chi connectivity index (χ4v) is 4.40. The molecule has 0 bridgehead atoms. The van der Waals surface area contributed by atoms with E-state index < -0.39 is 27.6 Å². The highest BCUT2D eigenvalue weighted by molar-refractivity contribution is 9.10. The third-order valence-electron chi connectivity index (χ3n) is 4.94. The van der Waals surface area contributed by atoms with Crippen molar-refractivity contribution >= 4 is 49.0 Å². The van der Waals surface area contributed by atoms with Crippen LogP contribution in [0.3, 0.4) is 0 Å². The molecule has 1 amide bonds. The summed E-state index contributed by atoms with van der Waals surface area (Å²) in [4.78, 5) is 12.2. The molecular formula is C23H19BrF2N4O3S. The molecule has 0 fully saturated rings. The number of hydrogen-bond donors (Lipinski definition) is 4. The van der Waals surface area contributed by atoms with Gasteiger partial charge in [0.1, 0.15) is 11.7 Å². The lowest BCUT2D eigenvalue weighted by molar-refractivity contribution is -0.114. The molecule has 3 aromatic carbocycles. The Morgan fingerprint density at radius 2 is 1.76 bits per heavy atom. The standard InChI is InChI=1S/C23H19BrF2N4O3S/c1-12(13-6-8-17(24)16(10-13)22(27)28)21(26)23(31)30-19-9-7-14(11-18(19)25)15-4-2-3-5-20(15)34(29,32)33/h2-11H,1H3,(H3,27,28)(H,30,31)(H2,29,32,33)/b21-12+. The van der Waals surface area contributed by atoms with Crippen molar-refractivity contribution in [1.29, 1.82) is 5.41 Å². The Morgan fingerprint density at radius 1 is 1.09 bits per heavy atom. The number of carbonyl (C=O) groups is 1. The van der Waals surface area contributed by atoms with Crippen LogP contribution in [-0.2, 0) is 14.8 Å². The summed E-state index contributed by atoms with van der Waals surface area (Å²) in [6.45, 7) is 1.37. The zero-order chi connectivity index (χ0) is 25.2. The number of sulfonamides is 1. The molecule has 0 aliphatic rings. The number of nitrogen functional groups attached to an aromatic ring is 1. The van der Waals surface area contributed by atoms with Crippen LogP contribution in [0.4, 0.5) is 14.5 Å². The first kappa shape index (κ1) is 25.2. The van der Waals surface area contributed by atoms with Crippen molar-refractivity contribution in [3.8, 4) is 11.1 Å². The van der Waals surface area contributed by atoms with E-state index in [0.29, 0.717) is 15.6 Å². The lowest BCUT2D eigenvalue weighted by atomic mass is 10.0. The molecule has 176 valence electrons. The lowest BCUT2D eigenvalue weighted by Crippen LogP contribution is -2.15. The molecular weight excluding hydrogens is 530 g/mol. The highest BCUT2D eigenvalue weighted by Crippen LogP contribution is 2.30. The van der Waals surface area contributed by atoms with Crippen molar-refractivity contribution in [1.82, 2.24) is 0 Å². The topological polar surface area (TPSA) is 139 Å². The number of amides is 1. The van der Waals surface area contributed by atoms with Gasteiger partial charge in [-0.1, -0.05) is 46.3 Å². The average molecular weight is 549 g/mol. The number of nitrogens with one attached hydrogen (secondary N) is 2. The number of benzene rings is 3. The van der Waals surface area contributed by atoms with Crippen LogP contribution in [-0.4, -0.2) is 20.2 Å². The maximum atomic E-state index is 14.8. The summed E-state index contributed by atoms with van der Waals surface area (Å²) in [5, 5.41) is 15.0. The minimum Gasteiger partial charge on any atom is -0.384 e. The van der Waals surface area contributed by atoms with Gasteiger partial charge in [-0.05, 0) is 54.0 Å². The SMILES string of the molecule is C/C(=C(\F)C(=O)Nc1ccc(-c2ccccc2S(N)(=O)=O)cc1F)c1ccc(Br)c(C(=N)N)c1. The normalized spacial score (nSPS) is 12.1. The van der Waals surface area contributed by atoms with Gasteiger partial charge in [-0.2, -0.15) is 0 Å². The average Bonchev–Trinajstić information content (AvgIpc) is 2.79. The third-order valence-corrected chi connectivity index (χ3v) is 6.60. The highest BCUT2D eigenvalue weighted by atomic mass is 79.9. The maximum Gasteiger partial charge on any atom is 0.284 e. The number of allylic oxidation sites excluding steroid dienone is 1. The molecule has 0 radical (unpaired) electrons. The summed E-state index contributed by atoms with van der Waals surface area (Å²) in [5.41, 5.74) is 6.20. The summed E-state index contributed by atoms with van der Waals surface area (Å²) in [7, 11) is -4.05. The molecule has 34 heavy (non-hydrogen) atoms. The van der Waals surface area contributed by atoms with Crippen molar-refractivity contribution in [3.63, 3.8) is 0 Å². The quantitative estimate of drug-likeness (QED) is 0.204. The Hall–Kier alpha value is -3.41. The smallest absolute Gasteiger partial charge is 0.284 e. The summed E-state index contributed by atoms with van der Waals surface area (Å²) >= 11 is 3.24. The molecule has 0 aliphatic carbocycles. The van der Waals surface area contributed by atoms with E-state index in [-0.39, 0.29) is 33.1 Å². The van der Waals surface area contributed by atoms with Gasteiger partial charge in [-0.3, -0.25) is 10.2 Å². The number of carbonyl (C=O) groups excluding carboxylic acids is 1. The van der Waals surface area contributed by atoms with Crippen molar-refractivity contribution in [2.24, 2.45) is 10.9 Å². The molecule has 0 unspecified atom stereocenters. The summed E-state index contributed by atoms with van der Waals surface area (Å²) in [5.74, 6) is -3.47. The number of primary sulfonamides is 1. The predicted octanol–water partition coefficient (Wildman–Crippen LogP) is 4.53. The van der Waals surface area contributed by atoms with Gasteiger partial charge < -0.3 is 11.1 Å². The lowest BCUT2D eigenvalue weighted by Gasteiger charge is -2.12. The van der Waals surface area contributed by atoms with Crippen molar-refractivity contribution in [3.05, 3.63) is 87.9 Å². The molecule has 0 atom stereocenters. The van der Waals surface area contributed by atoms with Crippen LogP contribution in [0.1, 0.15) is 18.1 Å². The van der Waals surface area contributed by atoms with Gasteiger partial charge in [0.25, 0.3) is 5.91 Å². The molecule has 0 saturated carbocycles. The molecule has 0 saturated heterocycles. The minimum atomic E-state index is -4.05. The van der Waals surface area contributed by atoms with Crippen LogP contribution in [0.2, 0.25) is 0 Å². The molecule has 0 spiro atoms. The van der Waals surface area contributed by atoms with E-state index in [4.69, 9.17) is 16.3 Å². The molecule has 7 nitrogen and oxygen atoms in total. The van der Waals surface area contributed by atoms with Gasteiger partial charge in [0.15, 0.2) is 5.83 Å². The van der Waals surface area contributed by atoms with Gasteiger partial charge in [-0.25, -0.2) is 22.3 Å². The number of rotatable bonds is 6. The number of halogens is 3. The first-order valence-electron chi connectivity index (χ1n) is 9.64. The van der Waals surface area contributed by atoms with Crippen LogP contribution in [0, 0.1) is 11.2 Å². The second kappa shape index (κ2) is 9.84. The number of anilines is 1. The molecule has 0 heterocycles. The molecule has 3 rings (SSSR count). The monoisotopic (exact) mass is 548 g/mol. The Bertz CT molecular complexity index is 1460. The fraction of sp³-hybridized carbons (Fsp3) is 0.0435. The number of amidine groups is 1. The molecule has 3 aromatic rings. The van der Waals surface area contributed by atoms with Gasteiger partial charge in [0.05, 0.1) is 10.6 Å². The van der Waals surface area contributed by atoms with E-state index in [1.54, 1.807) is 12.1 Å². The Morgan fingerprint density at radius 3 is 2.38 bits per heavy atom. The van der Waals surface area contributed by atoms with E-state index in [1.165, 1.54) is 49.4 Å². The largest absolute Gasteiger partial charge is 0.384 e. The van der Waals surface area contributed by atoms with Crippen LogP contribution in [0.5, 0.6) is 0 Å². The highest BCUT2D eigenvalue weighted by Gasteiger charge is 2.19. The Labute approximate surface area is 203 Å². The van der Waals surface area contributed by atoms with Crippen molar-refractivity contribution in [2.75, 3.05) is 5.32 Å².